The van der Waals surface area contributed by atoms with Gasteiger partial charge in [-0.2, -0.15) is 0 Å². The van der Waals surface area contributed by atoms with Crippen LogP contribution in [-0.2, 0) is 17.8 Å². The number of fused-ring (bicyclic) bond motifs is 3. The Morgan fingerprint density at radius 1 is 1.07 bits per heavy atom. The molecule has 2 aromatic carbocycles. The second kappa shape index (κ2) is 13.9. The van der Waals surface area contributed by atoms with Crippen molar-refractivity contribution in [3.05, 3.63) is 83.4 Å². The molecule has 0 bridgehead atoms. The second-order valence-electron chi connectivity index (χ2n) is 10.1. The zero-order valence-corrected chi connectivity index (χ0v) is 25.2. The Hall–Kier alpha value is -3.83. The highest BCUT2D eigenvalue weighted by Crippen LogP contribution is 2.38. The summed E-state index contributed by atoms with van der Waals surface area (Å²) in [5.41, 5.74) is 3.04. The zero-order chi connectivity index (χ0) is 29.5. The standard InChI is InChI=1S/C29H29ClN6OS.C2H4O2/c1-35-12-14-36(15-13-35)11-9-20-5-7-23-26(16-20)38-29-27(23)28(32-19-33-29)34-21-6-8-25(24(30)17-21)37-18-22-4-2-3-10-31-22;1-2(3)4/h2-8,10,16-17,19H,9,11-15,18H2,1H3,(H,32,33,34);1H3,(H,3,4). The van der Waals surface area contributed by atoms with Crippen molar-refractivity contribution in [2.75, 3.05) is 45.1 Å². The Morgan fingerprint density at radius 3 is 2.62 bits per heavy atom. The molecule has 218 valence electrons. The number of thiophene rings is 1. The zero-order valence-electron chi connectivity index (χ0n) is 23.6. The van der Waals surface area contributed by atoms with Crippen LogP contribution < -0.4 is 10.1 Å². The molecular formula is C31H33ClN6O3S. The molecule has 9 nitrogen and oxygen atoms in total. The minimum Gasteiger partial charge on any atom is -0.486 e. The fourth-order valence-electron chi connectivity index (χ4n) is 4.73. The number of piperazine rings is 1. The van der Waals surface area contributed by atoms with E-state index < -0.39 is 5.97 Å². The quantitative estimate of drug-likeness (QED) is 0.217. The number of halogens is 1. The molecule has 1 fully saturated rings. The van der Waals surface area contributed by atoms with Crippen LogP contribution in [0.2, 0.25) is 5.02 Å². The Balaban J connectivity index is 0.000000830. The van der Waals surface area contributed by atoms with Crippen molar-refractivity contribution in [3.63, 3.8) is 0 Å². The number of aliphatic carboxylic acids is 1. The average molecular weight is 605 g/mol. The number of aromatic nitrogens is 3. The van der Waals surface area contributed by atoms with Gasteiger partial charge in [0.05, 0.1) is 16.1 Å². The van der Waals surface area contributed by atoms with Gasteiger partial charge in [0.1, 0.15) is 29.3 Å². The van der Waals surface area contributed by atoms with Crippen LogP contribution in [-0.4, -0.2) is 75.6 Å². The van der Waals surface area contributed by atoms with Gasteiger partial charge < -0.3 is 25.0 Å². The molecule has 3 aromatic heterocycles. The Morgan fingerprint density at radius 2 is 1.88 bits per heavy atom. The second-order valence-corrected chi connectivity index (χ2v) is 11.6. The molecule has 0 amide bonds. The van der Waals surface area contributed by atoms with Crippen molar-refractivity contribution in [3.8, 4) is 5.75 Å². The summed E-state index contributed by atoms with van der Waals surface area (Å²) in [4.78, 5) is 28.3. The number of nitrogens with one attached hydrogen (secondary N) is 1. The summed E-state index contributed by atoms with van der Waals surface area (Å²) < 4.78 is 7.10. The first-order valence-electron chi connectivity index (χ1n) is 13.7. The number of likely N-dealkylation sites (N-methyl/N-ethyl adjacent to an activating group) is 1. The van der Waals surface area contributed by atoms with E-state index in [-0.39, 0.29) is 0 Å². The molecule has 6 rings (SSSR count). The Labute approximate surface area is 253 Å². The number of carbonyl (C=O) groups is 1. The molecule has 42 heavy (non-hydrogen) atoms. The summed E-state index contributed by atoms with van der Waals surface area (Å²) in [6.07, 6.45) is 4.41. The number of anilines is 2. The third-order valence-corrected chi connectivity index (χ3v) is 8.30. The van der Waals surface area contributed by atoms with Crippen LogP contribution in [0.5, 0.6) is 5.75 Å². The number of hydrogen-bond donors (Lipinski definition) is 2. The number of hydrogen-bond acceptors (Lipinski definition) is 9. The number of ether oxygens (including phenoxy) is 1. The molecule has 0 spiro atoms. The van der Waals surface area contributed by atoms with E-state index in [0.29, 0.717) is 17.4 Å². The van der Waals surface area contributed by atoms with E-state index in [1.54, 1.807) is 23.9 Å². The smallest absolute Gasteiger partial charge is 0.300 e. The van der Waals surface area contributed by atoms with E-state index in [1.807, 2.05) is 36.4 Å². The van der Waals surface area contributed by atoms with Crippen LogP contribution in [0, 0.1) is 0 Å². The van der Waals surface area contributed by atoms with Crippen molar-refractivity contribution in [1.82, 2.24) is 24.8 Å². The van der Waals surface area contributed by atoms with Crippen molar-refractivity contribution < 1.29 is 14.6 Å². The number of carboxylic acids is 1. The molecule has 4 heterocycles. The first-order chi connectivity index (χ1) is 20.4. The maximum atomic E-state index is 9.00. The largest absolute Gasteiger partial charge is 0.486 e. The van der Waals surface area contributed by atoms with Crippen molar-refractivity contribution in [2.45, 2.75) is 20.0 Å². The lowest BCUT2D eigenvalue weighted by molar-refractivity contribution is -0.134. The highest BCUT2D eigenvalue weighted by Gasteiger charge is 2.16. The van der Waals surface area contributed by atoms with Crippen LogP contribution in [0.3, 0.4) is 0 Å². The maximum absolute atomic E-state index is 9.00. The minimum atomic E-state index is -0.833. The van der Waals surface area contributed by atoms with Gasteiger partial charge in [0, 0.05) is 61.6 Å². The lowest BCUT2D eigenvalue weighted by atomic mass is 10.1. The molecule has 2 N–H and O–H groups in total. The summed E-state index contributed by atoms with van der Waals surface area (Å²) in [5.74, 6) is 0.547. The molecule has 0 aliphatic carbocycles. The van der Waals surface area contributed by atoms with Gasteiger partial charge in [-0.25, -0.2) is 9.97 Å². The monoisotopic (exact) mass is 604 g/mol. The van der Waals surface area contributed by atoms with Crippen molar-refractivity contribution in [1.29, 1.82) is 0 Å². The number of carboxylic acid groups (broad SMARTS) is 1. The number of rotatable bonds is 8. The van der Waals surface area contributed by atoms with Crippen LogP contribution in [0.4, 0.5) is 11.5 Å². The molecule has 0 unspecified atom stereocenters. The fraction of sp³-hybridized carbons (Fsp3) is 0.290. The SMILES string of the molecule is CC(=O)O.CN1CCN(CCc2ccc3c(c2)sc2ncnc(Nc4ccc(OCc5ccccn5)c(Cl)c4)c23)CC1. The summed E-state index contributed by atoms with van der Waals surface area (Å²) in [7, 11) is 2.20. The highest BCUT2D eigenvalue weighted by molar-refractivity contribution is 7.25. The third-order valence-electron chi connectivity index (χ3n) is 6.94. The van der Waals surface area contributed by atoms with Crippen LogP contribution in [0.15, 0.2) is 67.1 Å². The molecule has 0 atom stereocenters. The fourth-order valence-corrected chi connectivity index (χ4v) is 6.07. The number of benzene rings is 2. The van der Waals surface area contributed by atoms with Crippen LogP contribution in [0.25, 0.3) is 20.3 Å². The van der Waals surface area contributed by atoms with Gasteiger partial charge in [-0.05, 0) is 55.4 Å². The highest BCUT2D eigenvalue weighted by atomic mass is 35.5. The van der Waals surface area contributed by atoms with Gasteiger partial charge in [0.15, 0.2) is 0 Å². The van der Waals surface area contributed by atoms with Crippen LogP contribution >= 0.6 is 22.9 Å². The van der Waals surface area contributed by atoms with E-state index in [9.17, 15) is 0 Å². The van der Waals surface area contributed by atoms with E-state index in [4.69, 9.17) is 26.2 Å². The molecule has 0 saturated carbocycles. The van der Waals surface area contributed by atoms with Gasteiger partial charge in [-0.1, -0.05) is 29.8 Å². The predicted octanol–water partition coefficient (Wildman–Crippen LogP) is 6.10. The van der Waals surface area contributed by atoms with Gasteiger partial charge in [0.25, 0.3) is 5.97 Å². The van der Waals surface area contributed by atoms with Gasteiger partial charge in [0.2, 0.25) is 0 Å². The van der Waals surface area contributed by atoms with E-state index in [1.165, 1.54) is 10.3 Å². The normalized spacial score (nSPS) is 14.0. The number of nitrogens with zero attached hydrogens (tertiary/aromatic N) is 5. The van der Waals surface area contributed by atoms with E-state index >= 15 is 0 Å². The molecule has 0 radical (unpaired) electrons. The average Bonchev–Trinajstić information content (AvgIpc) is 3.35. The summed E-state index contributed by atoms with van der Waals surface area (Å²) >= 11 is 8.25. The topological polar surface area (TPSA) is 104 Å². The van der Waals surface area contributed by atoms with E-state index in [0.717, 1.165) is 78.9 Å². The lowest BCUT2D eigenvalue weighted by Gasteiger charge is -2.32. The predicted molar refractivity (Wildman–Crippen MR) is 169 cm³/mol. The molecule has 11 heteroatoms. The summed E-state index contributed by atoms with van der Waals surface area (Å²) in [6, 6.07) is 18.2. The van der Waals surface area contributed by atoms with E-state index in [2.05, 4.69) is 55.3 Å². The molecule has 5 aromatic rings. The molecular weight excluding hydrogens is 572 g/mol. The molecule has 1 aliphatic heterocycles. The first kappa shape index (κ1) is 29.7. The Kier molecular flexibility index (Phi) is 9.81. The lowest BCUT2D eigenvalue weighted by Crippen LogP contribution is -2.45. The third kappa shape index (κ3) is 7.71. The molecule has 1 aliphatic rings. The van der Waals surface area contributed by atoms with Crippen LogP contribution in [0.1, 0.15) is 18.2 Å². The Bertz CT molecular complexity index is 1650. The summed E-state index contributed by atoms with van der Waals surface area (Å²) in [5, 5.41) is 13.6. The maximum Gasteiger partial charge on any atom is 0.300 e. The van der Waals surface area contributed by atoms with Crippen molar-refractivity contribution in [2.24, 2.45) is 0 Å². The van der Waals surface area contributed by atoms with Gasteiger partial charge in [-0.15, -0.1) is 11.3 Å². The minimum absolute atomic E-state index is 0.359. The number of pyridine rings is 1. The van der Waals surface area contributed by atoms with Gasteiger partial charge in [-0.3, -0.25) is 9.78 Å². The van der Waals surface area contributed by atoms with Crippen molar-refractivity contribution >= 4 is 60.7 Å². The first-order valence-corrected chi connectivity index (χ1v) is 14.9. The molecule has 1 saturated heterocycles. The summed E-state index contributed by atoms with van der Waals surface area (Å²) in [6.45, 7) is 7.13. The van der Waals surface area contributed by atoms with Gasteiger partial charge >= 0.3 is 0 Å².